The lowest BCUT2D eigenvalue weighted by atomic mass is 10.0. The number of carbonyl (C=O) groups is 6. The predicted molar refractivity (Wildman–Crippen MR) is 199 cm³/mol. The Labute approximate surface area is 321 Å². The van der Waals surface area contributed by atoms with E-state index in [1.165, 1.54) is 47.0 Å². The number of rotatable bonds is 20. The molecule has 2 saturated heterocycles. The van der Waals surface area contributed by atoms with Crippen LogP contribution in [-0.2, 0) is 54.1 Å². The fourth-order valence-electron chi connectivity index (χ4n) is 4.41. The van der Waals surface area contributed by atoms with Gasteiger partial charge < -0.3 is 38.6 Å². The highest BCUT2D eigenvalue weighted by atomic mass is 32.2. The number of carbonyl (C=O) groups excluding carboxylic acids is 4. The van der Waals surface area contributed by atoms with E-state index in [4.69, 9.17) is 38.6 Å². The van der Waals surface area contributed by atoms with Crippen molar-refractivity contribution in [3.05, 3.63) is 84.0 Å². The van der Waals surface area contributed by atoms with Gasteiger partial charge in [-0.25, -0.2) is 28.8 Å². The van der Waals surface area contributed by atoms with Crippen LogP contribution in [0, 0.1) is 0 Å². The van der Waals surface area contributed by atoms with Gasteiger partial charge in [-0.15, -0.1) is 47.0 Å². The molecule has 0 aliphatic carbocycles. The predicted octanol–water partition coefficient (Wildman–Crippen LogP) is 3.84. The Morgan fingerprint density at radius 2 is 0.925 bits per heavy atom. The van der Waals surface area contributed by atoms with E-state index in [0.717, 1.165) is 46.3 Å². The van der Waals surface area contributed by atoms with E-state index in [1.54, 1.807) is 24.3 Å². The number of benzene rings is 2. The van der Waals surface area contributed by atoms with Crippen LogP contribution in [-0.4, -0.2) is 117 Å². The van der Waals surface area contributed by atoms with Crippen LogP contribution < -0.4 is 9.47 Å². The molecule has 0 radical (unpaired) electrons. The van der Waals surface area contributed by atoms with E-state index < -0.39 is 48.0 Å². The second kappa shape index (κ2) is 22.1. The van der Waals surface area contributed by atoms with E-state index in [9.17, 15) is 28.8 Å². The third-order valence-corrected chi connectivity index (χ3v) is 12.8. The summed E-state index contributed by atoms with van der Waals surface area (Å²) in [5, 5.41) is 17.6. The van der Waals surface area contributed by atoms with Gasteiger partial charge in [0.15, 0.2) is 12.2 Å². The summed E-state index contributed by atoms with van der Waals surface area (Å²) < 4.78 is 32.1. The molecule has 0 amide bonds. The number of aliphatic carboxylic acids is 2. The van der Waals surface area contributed by atoms with Crippen molar-refractivity contribution in [2.45, 2.75) is 27.8 Å². The van der Waals surface area contributed by atoms with Gasteiger partial charge in [-0.05, 0) is 41.8 Å². The van der Waals surface area contributed by atoms with Crippen molar-refractivity contribution >= 4 is 82.9 Å². The number of carboxylic acid groups (broad SMARTS) is 2. The molecule has 0 aromatic heterocycles. The highest BCUT2D eigenvalue weighted by molar-refractivity contribution is 8.21. The molecule has 284 valence electrons. The van der Waals surface area contributed by atoms with Crippen LogP contribution in [0.5, 0.6) is 11.5 Å². The van der Waals surface area contributed by atoms with E-state index in [1.807, 2.05) is 24.3 Å². The van der Waals surface area contributed by atoms with Gasteiger partial charge in [0.05, 0.1) is 0 Å². The molecule has 2 unspecified atom stereocenters. The fraction of sp³-hybridized carbons (Fsp3) is 0.371. The maximum atomic E-state index is 12.4. The zero-order valence-corrected chi connectivity index (χ0v) is 31.3. The molecular formula is C35H36O14S4. The lowest BCUT2D eigenvalue weighted by Crippen LogP contribution is -2.31. The van der Waals surface area contributed by atoms with Crippen LogP contribution in [0.15, 0.2) is 72.8 Å². The SMILES string of the molecule is O=C(O)/C=C/C(=O)OC(COC(=O)C1SCCS1)COc1ccc(Cc2ccc(OCC(COC(=O)C3SCCS3)OC(=O)/C=C/C(=O)O)cc2)cc1. The number of thioether (sulfide) groups is 4. The maximum Gasteiger partial charge on any atom is 0.331 e. The number of esters is 4. The van der Waals surface area contributed by atoms with Gasteiger partial charge in [0.1, 0.15) is 47.1 Å². The monoisotopic (exact) mass is 808 g/mol. The Hall–Kier alpha value is -4.26. The topological polar surface area (TPSA) is 198 Å². The Balaban J connectivity index is 1.27. The lowest BCUT2D eigenvalue weighted by Gasteiger charge is -2.19. The van der Waals surface area contributed by atoms with Gasteiger partial charge in [0, 0.05) is 47.3 Å². The number of ether oxygens (including phenoxy) is 6. The molecular weight excluding hydrogens is 773 g/mol. The summed E-state index contributed by atoms with van der Waals surface area (Å²) in [7, 11) is 0. The Kier molecular flexibility index (Phi) is 17.3. The highest BCUT2D eigenvalue weighted by Gasteiger charge is 2.28. The van der Waals surface area contributed by atoms with Crippen LogP contribution in [0.4, 0.5) is 0 Å². The van der Waals surface area contributed by atoms with Crippen molar-refractivity contribution in [2.75, 3.05) is 49.4 Å². The smallest absolute Gasteiger partial charge is 0.331 e. The average Bonchev–Trinajstić information content (AvgIpc) is 3.89. The average molecular weight is 809 g/mol. The summed E-state index contributed by atoms with van der Waals surface area (Å²) in [5.41, 5.74) is 1.91. The van der Waals surface area contributed by atoms with Crippen molar-refractivity contribution in [1.82, 2.24) is 0 Å². The molecule has 0 saturated carbocycles. The van der Waals surface area contributed by atoms with Gasteiger partial charge in [0.2, 0.25) is 0 Å². The van der Waals surface area contributed by atoms with Gasteiger partial charge in [-0.1, -0.05) is 24.3 Å². The van der Waals surface area contributed by atoms with Crippen LogP contribution in [0.2, 0.25) is 0 Å². The Morgan fingerprint density at radius 3 is 1.26 bits per heavy atom. The van der Waals surface area contributed by atoms with Gasteiger partial charge >= 0.3 is 35.8 Å². The standard InChI is InChI=1S/C35H36O14S4/c36-28(37)9-11-30(40)48-26(20-46-32(42)34-50-13-14-51-34)18-44-24-5-1-22(2-6-24)17-23-3-7-25(8-4-23)45-19-27(49-31(41)12-10-29(38)39)21-47-33(43)35-52-15-16-53-35/h1-12,26-27,34-35H,13-21H2,(H,36,37)(H,38,39)/b11-9+,12-10+. The summed E-state index contributed by atoms with van der Waals surface area (Å²) in [6.45, 7) is -0.815. The number of hydrogen-bond acceptors (Lipinski definition) is 16. The molecule has 2 aliphatic heterocycles. The van der Waals surface area contributed by atoms with Crippen molar-refractivity contribution < 1.29 is 67.4 Å². The molecule has 2 atom stereocenters. The zero-order chi connectivity index (χ0) is 38.0. The first kappa shape index (κ1) is 41.5. The largest absolute Gasteiger partial charge is 0.490 e. The summed E-state index contributed by atoms with van der Waals surface area (Å²) in [6.07, 6.45) is 1.42. The first-order valence-corrected chi connectivity index (χ1v) is 20.2. The second-order valence-corrected chi connectivity index (χ2v) is 16.4. The molecule has 53 heavy (non-hydrogen) atoms. The minimum Gasteiger partial charge on any atom is -0.490 e. The molecule has 18 heteroatoms. The summed E-state index contributed by atoms with van der Waals surface area (Å²) in [6, 6.07) is 14.4. The summed E-state index contributed by atoms with van der Waals surface area (Å²) in [4.78, 5) is 70.4. The number of hydrogen-bond donors (Lipinski definition) is 2. The Morgan fingerprint density at radius 1 is 0.566 bits per heavy atom. The molecule has 2 fully saturated rings. The van der Waals surface area contributed by atoms with Crippen LogP contribution >= 0.6 is 47.0 Å². The minimum atomic E-state index is -1.31. The molecule has 2 aliphatic rings. The van der Waals surface area contributed by atoms with Crippen molar-refractivity contribution in [3.8, 4) is 11.5 Å². The highest BCUT2D eigenvalue weighted by Crippen LogP contribution is 2.33. The van der Waals surface area contributed by atoms with Crippen LogP contribution in [0.1, 0.15) is 11.1 Å². The summed E-state index contributed by atoms with van der Waals surface area (Å²) in [5.74, 6) is -1.06. The molecule has 0 bridgehead atoms. The third-order valence-electron chi connectivity index (χ3n) is 6.87. The molecule has 2 aromatic carbocycles. The molecule has 0 spiro atoms. The van der Waals surface area contributed by atoms with E-state index in [0.29, 0.717) is 30.1 Å². The molecule has 2 aromatic rings. The molecule has 2 N–H and O–H groups in total. The third kappa shape index (κ3) is 15.7. The van der Waals surface area contributed by atoms with Gasteiger partial charge in [-0.2, -0.15) is 0 Å². The maximum absolute atomic E-state index is 12.4. The van der Waals surface area contributed by atoms with E-state index in [-0.39, 0.29) is 35.6 Å². The summed E-state index contributed by atoms with van der Waals surface area (Å²) >= 11 is 5.89. The van der Waals surface area contributed by atoms with Gasteiger partial charge in [-0.3, -0.25) is 0 Å². The molecule has 4 rings (SSSR count). The Bertz CT molecular complexity index is 1500. The normalized spacial score (nSPS) is 15.8. The minimum absolute atomic E-state index is 0.147. The first-order valence-electron chi connectivity index (χ1n) is 16.0. The lowest BCUT2D eigenvalue weighted by molar-refractivity contribution is -0.156. The van der Waals surface area contributed by atoms with Crippen LogP contribution in [0.25, 0.3) is 0 Å². The quantitative estimate of drug-likeness (QED) is 0.111. The van der Waals surface area contributed by atoms with E-state index in [2.05, 4.69) is 0 Å². The van der Waals surface area contributed by atoms with E-state index >= 15 is 0 Å². The van der Waals surface area contributed by atoms with Crippen LogP contribution in [0.3, 0.4) is 0 Å². The zero-order valence-electron chi connectivity index (χ0n) is 28.0. The number of carboxylic acids is 2. The van der Waals surface area contributed by atoms with Gasteiger partial charge in [0.25, 0.3) is 0 Å². The molecule has 14 nitrogen and oxygen atoms in total. The van der Waals surface area contributed by atoms with Crippen molar-refractivity contribution in [1.29, 1.82) is 0 Å². The second-order valence-electron chi connectivity index (χ2n) is 11.0. The van der Waals surface area contributed by atoms with Crippen molar-refractivity contribution in [3.63, 3.8) is 0 Å². The molecule has 2 heterocycles. The first-order chi connectivity index (χ1) is 25.5. The van der Waals surface area contributed by atoms with Crippen molar-refractivity contribution in [2.24, 2.45) is 0 Å². The fourth-order valence-corrected chi connectivity index (χ4v) is 9.55.